The van der Waals surface area contributed by atoms with Crippen LogP contribution in [0.4, 0.5) is 0 Å². The van der Waals surface area contributed by atoms with Crippen LogP contribution in [-0.4, -0.2) is 38.1 Å². The Bertz CT molecular complexity index is 132. The van der Waals surface area contributed by atoms with E-state index in [1.165, 1.54) is 32.2 Å². The highest BCUT2D eigenvalue weighted by molar-refractivity contribution is 4.75. The van der Waals surface area contributed by atoms with Gasteiger partial charge in [0.15, 0.2) is 0 Å². The van der Waals surface area contributed by atoms with E-state index >= 15 is 0 Å². The predicted molar refractivity (Wildman–Crippen MR) is 58.0 cm³/mol. The number of rotatable bonds is 6. The van der Waals surface area contributed by atoms with E-state index in [2.05, 4.69) is 24.2 Å². The fourth-order valence-corrected chi connectivity index (χ4v) is 1.84. The fourth-order valence-electron chi connectivity index (χ4n) is 1.84. The molecule has 1 saturated carbocycles. The summed E-state index contributed by atoms with van der Waals surface area (Å²) in [5, 5.41) is 3.21. The van der Waals surface area contributed by atoms with Gasteiger partial charge in [0.1, 0.15) is 0 Å². The molecule has 0 aromatic rings. The van der Waals surface area contributed by atoms with Gasteiger partial charge in [0.2, 0.25) is 0 Å². The largest absolute Gasteiger partial charge is 0.320 e. The molecule has 0 bridgehead atoms. The summed E-state index contributed by atoms with van der Waals surface area (Å²) in [6.07, 6.45) is 5.65. The number of nitrogens with one attached hydrogen (secondary N) is 1. The first-order valence-corrected chi connectivity index (χ1v) is 5.59. The molecule has 1 aliphatic carbocycles. The van der Waals surface area contributed by atoms with Crippen LogP contribution in [0.5, 0.6) is 0 Å². The van der Waals surface area contributed by atoms with E-state index in [0.29, 0.717) is 0 Å². The van der Waals surface area contributed by atoms with Crippen molar-refractivity contribution in [1.82, 2.24) is 10.2 Å². The lowest BCUT2D eigenvalue weighted by Crippen LogP contribution is -2.37. The molecule has 2 heteroatoms. The lowest BCUT2D eigenvalue weighted by molar-refractivity contribution is 0.164. The van der Waals surface area contributed by atoms with Crippen molar-refractivity contribution < 1.29 is 0 Å². The maximum atomic E-state index is 3.21. The van der Waals surface area contributed by atoms with Gasteiger partial charge in [-0.15, -0.1) is 0 Å². The highest BCUT2D eigenvalue weighted by Crippen LogP contribution is 2.27. The molecule has 2 nitrogen and oxygen atoms in total. The average molecular weight is 184 g/mol. The average Bonchev–Trinajstić information content (AvgIpc) is 2.06. The molecule has 0 aromatic carbocycles. The molecule has 0 heterocycles. The zero-order chi connectivity index (χ0) is 9.68. The van der Waals surface area contributed by atoms with Crippen LogP contribution in [-0.2, 0) is 0 Å². The Balaban J connectivity index is 2.09. The lowest BCUT2D eigenvalue weighted by atomic mass is 9.85. The van der Waals surface area contributed by atoms with Crippen LogP contribution in [0.25, 0.3) is 0 Å². The standard InChI is InChI=1S/C11H24N2/c1-10(7-8-12-2)13(3)9-11-5-4-6-11/h10-12H,4-9H2,1-3H3. The summed E-state index contributed by atoms with van der Waals surface area (Å²) in [6, 6.07) is 0.730. The van der Waals surface area contributed by atoms with Crippen LogP contribution >= 0.6 is 0 Å². The third-order valence-electron chi connectivity index (χ3n) is 3.34. The smallest absolute Gasteiger partial charge is 0.00760 e. The maximum Gasteiger partial charge on any atom is 0.00760 e. The van der Waals surface area contributed by atoms with Crippen molar-refractivity contribution in [1.29, 1.82) is 0 Å². The molecule has 0 saturated heterocycles. The Kier molecular flexibility index (Phi) is 4.74. The molecular weight excluding hydrogens is 160 g/mol. The van der Waals surface area contributed by atoms with Gasteiger partial charge < -0.3 is 10.2 Å². The Morgan fingerprint density at radius 3 is 2.62 bits per heavy atom. The normalized spacial score (nSPS) is 20.3. The third kappa shape index (κ3) is 3.65. The molecule has 1 atom stereocenters. The molecule has 78 valence electrons. The second-order valence-corrected chi connectivity index (χ2v) is 4.48. The Morgan fingerprint density at radius 2 is 2.15 bits per heavy atom. The molecule has 0 aromatic heterocycles. The molecule has 0 aliphatic heterocycles. The summed E-state index contributed by atoms with van der Waals surface area (Å²) < 4.78 is 0. The highest BCUT2D eigenvalue weighted by atomic mass is 15.1. The zero-order valence-electron chi connectivity index (χ0n) is 9.34. The number of nitrogens with zero attached hydrogens (tertiary/aromatic N) is 1. The summed E-state index contributed by atoms with van der Waals surface area (Å²) in [5.74, 6) is 1.00. The lowest BCUT2D eigenvalue weighted by Gasteiger charge is -2.33. The van der Waals surface area contributed by atoms with E-state index in [1.54, 1.807) is 0 Å². The van der Waals surface area contributed by atoms with Gasteiger partial charge in [-0.2, -0.15) is 0 Å². The quantitative estimate of drug-likeness (QED) is 0.676. The maximum absolute atomic E-state index is 3.21. The third-order valence-corrected chi connectivity index (χ3v) is 3.34. The molecule has 1 aliphatic rings. The minimum absolute atomic E-state index is 0.730. The minimum atomic E-state index is 0.730. The predicted octanol–water partition coefficient (Wildman–Crippen LogP) is 1.72. The van der Waals surface area contributed by atoms with Gasteiger partial charge in [-0.25, -0.2) is 0 Å². The van der Waals surface area contributed by atoms with Crippen molar-refractivity contribution in [2.75, 3.05) is 27.2 Å². The Labute approximate surface area is 82.7 Å². The van der Waals surface area contributed by atoms with Gasteiger partial charge in [0.05, 0.1) is 0 Å². The van der Waals surface area contributed by atoms with Crippen LogP contribution < -0.4 is 5.32 Å². The molecule has 0 spiro atoms. The zero-order valence-corrected chi connectivity index (χ0v) is 9.34. The van der Waals surface area contributed by atoms with Crippen LogP contribution in [0.1, 0.15) is 32.6 Å². The molecule has 1 rings (SSSR count). The first-order chi connectivity index (χ1) is 6.24. The summed E-state index contributed by atoms with van der Waals surface area (Å²) in [5.41, 5.74) is 0. The van der Waals surface area contributed by atoms with E-state index in [0.717, 1.165) is 18.5 Å². The van der Waals surface area contributed by atoms with Gasteiger partial charge >= 0.3 is 0 Å². The highest BCUT2D eigenvalue weighted by Gasteiger charge is 2.20. The van der Waals surface area contributed by atoms with E-state index in [9.17, 15) is 0 Å². The molecule has 1 N–H and O–H groups in total. The van der Waals surface area contributed by atoms with Crippen LogP contribution in [0, 0.1) is 5.92 Å². The van der Waals surface area contributed by atoms with Crippen molar-refractivity contribution in [3.05, 3.63) is 0 Å². The van der Waals surface area contributed by atoms with Crippen molar-refractivity contribution in [3.63, 3.8) is 0 Å². The van der Waals surface area contributed by atoms with Crippen LogP contribution in [0.3, 0.4) is 0 Å². The Hall–Kier alpha value is -0.0800. The van der Waals surface area contributed by atoms with Crippen molar-refractivity contribution >= 4 is 0 Å². The first kappa shape index (κ1) is 11.0. The van der Waals surface area contributed by atoms with Gasteiger partial charge in [-0.3, -0.25) is 0 Å². The fraction of sp³-hybridized carbons (Fsp3) is 1.00. The summed E-state index contributed by atoms with van der Waals surface area (Å²) in [6.45, 7) is 4.77. The van der Waals surface area contributed by atoms with Crippen molar-refractivity contribution in [2.24, 2.45) is 5.92 Å². The molecule has 0 amide bonds. The Morgan fingerprint density at radius 1 is 1.46 bits per heavy atom. The van der Waals surface area contributed by atoms with Crippen molar-refractivity contribution in [2.45, 2.75) is 38.6 Å². The molecule has 1 unspecified atom stereocenters. The summed E-state index contributed by atoms with van der Waals surface area (Å²) >= 11 is 0. The first-order valence-electron chi connectivity index (χ1n) is 5.59. The second kappa shape index (κ2) is 5.61. The number of hydrogen-bond acceptors (Lipinski definition) is 2. The molecular formula is C11H24N2. The van der Waals surface area contributed by atoms with Gasteiger partial charge in [-0.05, 0) is 52.7 Å². The van der Waals surface area contributed by atoms with Crippen molar-refractivity contribution in [3.8, 4) is 0 Å². The molecule has 0 radical (unpaired) electrons. The van der Waals surface area contributed by atoms with Gasteiger partial charge in [0.25, 0.3) is 0 Å². The van der Waals surface area contributed by atoms with E-state index in [1.807, 2.05) is 7.05 Å². The van der Waals surface area contributed by atoms with Gasteiger partial charge in [-0.1, -0.05) is 6.42 Å². The van der Waals surface area contributed by atoms with E-state index < -0.39 is 0 Å². The topological polar surface area (TPSA) is 15.3 Å². The van der Waals surface area contributed by atoms with E-state index in [4.69, 9.17) is 0 Å². The van der Waals surface area contributed by atoms with E-state index in [-0.39, 0.29) is 0 Å². The minimum Gasteiger partial charge on any atom is -0.320 e. The summed E-state index contributed by atoms with van der Waals surface area (Å²) in [7, 11) is 4.29. The summed E-state index contributed by atoms with van der Waals surface area (Å²) in [4.78, 5) is 2.52. The van der Waals surface area contributed by atoms with Gasteiger partial charge in [0, 0.05) is 12.6 Å². The van der Waals surface area contributed by atoms with Crippen LogP contribution in [0.2, 0.25) is 0 Å². The monoisotopic (exact) mass is 184 g/mol. The number of hydrogen-bond donors (Lipinski definition) is 1. The van der Waals surface area contributed by atoms with Crippen LogP contribution in [0.15, 0.2) is 0 Å². The molecule has 13 heavy (non-hydrogen) atoms. The second-order valence-electron chi connectivity index (χ2n) is 4.48. The molecule has 1 fully saturated rings. The SMILES string of the molecule is CNCCC(C)N(C)CC1CCC1.